The van der Waals surface area contributed by atoms with Crippen LogP contribution in [0.15, 0.2) is 35.1 Å². The molecule has 0 bridgehead atoms. The number of aromatic nitrogens is 2. The van der Waals surface area contributed by atoms with Crippen LogP contribution < -0.4 is 16.0 Å². The number of hydrogen-bond acceptors (Lipinski definition) is 5. The average molecular weight is 392 g/mol. The van der Waals surface area contributed by atoms with Crippen LogP contribution in [0.25, 0.3) is 0 Å². The summed E-state index contributed by atoms with van der Waals surface area (Å²) < 4.78 is 1.03. The van der Waals surface area contributed by atoms with Gasteiger partial charge in [-0.3, -0.25) is 0 Å². The Labute approximate surface area is 152 Å². The standard InChI is InChI=1S/C18H26BrN5/c1-12(2)9-24(10-13(3)4)18-16(20)17(21-11-22-18)23-15-7-5-14(19)6-8-15/h5-8,11-13H,9-10,20H2,1-4H3,(H,21,22,23). The minimum Gasteiger partial charge on any atom is -0.393 e. The SMILES string of the molecule is CC(C)CN(CC(C)C)c1ncnc(Nc2ccc(Br)cc2)c1N. The van der Waals surface area contributed by atoms with Gasteiger partial charge in [0, 0.05) is 23.2 Å². The van der Waals surface area contributed by atoms with E-state index in [1.165, 1.54) is 0 Å². The Morgan fingerprint density at radius 1 is 1.04 bits per heavy atom. The molecule has 0 radical (unpaired) electrons. The van der Waals surface area contributed by atoms with Crippen molar-refractivity contribution in [1.29, 1.82) is 0 Å². The lowest BCUT2D eigenvalue weighted by molar-refractivity contribution is 0.549. The summed E-state index contributed by atoms with van der Waals surface area (Å²) in [5.41, 5.74) is 7.90. The van der Waals surface area contributed by atoms with Crippen LogP contribution in [0.2, 0.25) is 0 Å². The lowest BCUT2D eigenvalue weighted by Crippen LogP contribution is -2.32. The van der Waals surface area contributed by atoms with Crippen molar-refractivity contribution in [1.82, 2.24) is 9.97 Å². The molecular formula is C18H26BrN5. The first-order chi connectivity index (χ1) is 11.4. The van der Waals surface area contributed by atoms with E-state index < -0.39 is 0 Å². The third-order valence-electron chi connectivity index (χ3n) is 3.44. The van der Waals surface area contributed by atoms with Crippen molar-refractivity contribution in [2.24, 2.45) is 11.8 Å². The number of nitrogen functional groups attached to an aromatic ring is 1. The van der Waals surface area contributed by atoms with Crippen LogP contribution in [-0.4, -0.2) is 23.1 Å². The molecule has 1 heterocycles. The summed E-state index contributed by atoms with van der Waals surface area (Å²) in [5.74, 6) is 2.49. The summed E-state index contributed by atoms with van der Waals surface area (Å²) >= 11 is 3.44. The predicted octanol–water partition coefficient (Wildman–Crippen LogP) is 4.68. The van der Waals surface area contributed by atoms with E-state index >= 15 is 0 Å². The first-order valence-electron chi connectivity index (χ1n) is 8.24. The van der Waals surface area contributed by atoms with Gasteiger partial charge in [0.2, 0.25) is 0 Å². The normalized spacial score (nSPS) is 11.1. The Balaban J connectivity index is 2.28. The smallest absolute Gasteiger partial charge is 0.159 e. The van der Waals surface area contributed by atoms with E-state index in [1.807, 2.05) is 24.3 Å². The van der Waals surface area contributed by atoms with Crippen molar-refractivity contribution >= 4 is 38.9 Å². The molecule has 0 saturated carbocycles. The van der Waals surface area contributed by atoms with E-state index in [-0.39, 0.29) is 0 Å². The molecule has 0 aliphatic rings. The first kappa shape index (κ1) is 18.5. The van der Waals surface area contributed by atoms with Gasteiger partial charge in [-0.15, -0.1) is 0 Å². The summed E-state index contributed by atoms with van der Waals surface area (Å²) in [6.45, 7) is 10.6. The van der Waals surface area contributed by atoms with Crippen LogP contribution in [0.3, 0.4) is 0 Å². The van der Waals surface area contributed by atoms with Crippen molar-refractivity contribution in [3.05, 3.63) is 35.1 Å². The fourth-order valence-electron chi connectivity index (χ4n) is 2.54. The van der Waals surface area contributed by atoms with Gasteiger partial charge in [0.1, 0.15) is 12.0 Å². The van der Waals surface area contributed by atoms with Crippen LogP contribution >= 0.6 is 15.9 Å². The Bertz CT molecular complexity index is 645. The molecule has 24 heavy (non-hydrogen) atoms. The maximum atomic E-state index is 6.37. The molecule has 0 amide bonds. The lowest BCUT2D eigenvalue weighted by atomic mass is 10.1. The third kappa shape index (κ3) is 5.09. The number of benzene rings is 1. The third-order valence-corrected chi connectivity index (χ3v) is 3.97. The number of hydrogen-bond donors (Lipinski definition) is 2. The molecule has 2 aromatic rings. The van der Waals surface area contributed by atoms with Crippen molar-refractivity contribution in [3.8, 4) is 0 Å². The molecule has 1 aromatic heterocycles. The van der Waals surface area contributed by atoms with Gasteiger partial charge in [0.05, 0.1) is 0 Å². The molecule has 6 heteroatoms. The van der Waals surface area contributed by atoms with Crippen LogP contribution in [0, 0.1) is 11.8 Å². The second-order valence-electron chi connectivity index (χ2n) is 6.78. The van der Waals surface area contributed by atoms with Crippen molar-refractivity contribution in [2.75, 3.05) is 29.0 Å². The molecule has 3 N–H and O–H groups in total. The number of halogens is 1. The molecule has 1 aromatic carbocycles. The van der Waals surface area contributed by atoms with Crippen molar-refractivity contribution in [2.45, 2.75) is 27.7 Å². The van der Waals surface area contributed by atoms with Gasteiger partial charge in [-0.2, -0.15) is 0 Å². The van der Waals surface area contributed by atoms with Gasteiger partial charge in [0.25, 0.3) is 0 Å². The summed E-state index contributed by atoms with van der Waals surface area (Å²) in [7, 11) is 0. The molecule has 0 aliphatic heterocycles. The molecule has 0 aliphatic carbocycles. The lowest BCUT2D eigenvalue weighted by Gasteiger charge is -2.28. The monoisotopic (exact) mass is 391 g/mol. The molecule has 130 valence electrons. The Morgan fingerprint density at radius 2 is 1.62 bits per heavy atom. The van der Waals surface area contributed by atoms with Gasteiger partial charge >= 0.3 is 0 Å². The van der Waals surface area contributed by atoms with E-state index in [2.05, 4.69) is 63.8 Å². The second-order valence-corrected chi connectivity index (χ2v) is 7.70. The Kier molecular flexibility index (Phi) is 6.43. The quantitative estimate of drug-likeness (QED) is 0.716. The number of nitrogens with one attached hydrogen (secondary N) is 1. The van der Waals surface area contributed by atoms with E-state index in [1.54, 1.807) is 6.33 Å². The number of anilines is 4. The second kappa shape index (κ2) is 8.33. The van der Waals surface area contributed by atoms with Crippen LogP contribution in [-0.2, 0) is 0 Å². The van der Waals surface area contributed by atoms with Gasteiger partial charge in [-0.25, -0.2) is 9.97 Å². The minimum absolute atomic E-state index is 0.529. The number of rotatable bonds is 7. The summed E-state index contributed by atoms with van der Waals surface area (Å²) in [6.07, 6.45) is 1.57. The van der Waals surface area contributed by atoms with Gasteiger partial charge in [0.15, 0.2) is 11.6 Å². The van der Waals surface area contributed by atoms with Gasteiger partial charge in [-0.05, 0) is 36.1 Å². The summed E-state index contributed by atoms with van der Waals surface area (Å²) in [4.78, 5) is 11.0. The van der Waals surface area contributed by atoms with Crippen molar-refractivity contribution in [3.63, 3.8) is 0 Å². The molecule has 0 spiro atoms. The summed E-state index contributed by atoms with van der Waals surface area (Å²) in [5, 5.41) is 3.28. The Hall–Kier alpha value is -1.82. The van der Waals surface area contributed by atoms with Crippen molar-refractivity contribution < 1.29 is 0 Å². The highest BCUT2D eigenvalue weighted by molar-refractivity contribution is 9.10. The van der Waals surface area contributed by atoms with E-state index in [0.717, 1.165) is 29.1 Å². The fourth-order valence-corrected chi connectivity index (χ4v) is 2.80. The average Bonchev–Trinajstić information content (AvgIpc) is 2.50. The zero-order chi connectivity index (χ0) is 17.7. The predicted molar refractivity (Wildman–Crippen MR) is 106 cm³/mol. The maximum Gasteiger partial charge on any atom is 0.159 e. The van der Waals surface area contributed by atoms with Crippen LogP contribution in [0.4, 0.5) is 23.0 Å². The Morgan fingerprint density at radius 3 is 2.17 bits per heavy atom. The summed E-state index contributed by atoms with van der Waals surface area (Å²) in [6, 6.07) is 7.91. The highest BCUT2D eigenvalue weighted by atomic mass is 79.9. The zero-order valence-electron chi connectivity index (χ0n) is 14.8. The molecule has 0 unspecified atom stereocenters. The minimum atomic E-state index is 0.529. The molecule has 0 atom stereocenters. The highest BCUT2D eigenvalue weighted by Crippen LogP contribution is 2.29. The van der Waals surface area contributed by atoms with E-state index in [0.29, 0.717) is 23.3 Å². The van der Waals surface area contributed by atoms with Crippen LogP contribution in [0.5, 0.6) is 0 Å². The van der Waals surface area contributed by atoms with E-state index in [9.17, 15) is 0 Å². The molecule has 5 nitrogen and oxygen atoms in total. The maximum absolute atomic E-state index is 6.37. The molecule has 0 saturated heterocycles. The van der Waals surface area contributed by atoms with Gasteiger partial charge < -0.3 is 16.0 Å². The van der Waals surface area contributed by atoms with Crippen LogP contribution in [0.1, 0.15) is 27.7 Å². The van der Waals surface area contributed by atoms with E-state index in [4.69, 9.17) is 5.73 Å². The zero-order valence-corrected chi connectivity index (χ0v) is 16.3. The highest BCUT2D eigenvalue weighted by Gasteiger charge is 2.17. The number of nitrogens with two attached hydrogens (primary N) is 1. The largest absolute Gasteiger partial charge is 0.393 e. The topological polar surface area (TPSA) is 67.1 Å². The first-order valence-corrected chi connectivity index (χ1v) is 9.04. The van der Waals surface area contributed by atoms with Gasteiger partial charge in [-0.1, -0.05) is 43.6 Å². The molecular weight excluding hydrogens is 366 g/mol. The molecule has 2 rings (SSSR count). The molecule has 0 fully saturated rings. The fraction of sp³-hybridized carbons (Fsp3) is 0.444. The number of nitrogens with zero attached hydrogens (tertiary/aromatic N) is 3.